The Balaban J connectivity index is 2.89. The normalized spacial score (nSPS) is 11.4. The molecule has 17 heavy (non-hydrogen) atoms. The van der Waals surface area contributed by atoms with Gasteiger partial charge in [-0.3, -0.25) is 0 Å². The fourth-order valence-electron chi connectivity index (χ4n) is 1.68. The van der Waals surface area contributed by atoms with Crippen LogP contribution in [0.25, 0.3) is 0 Å². The van der Waals surface area contributed by atoms with Crippen molar-refractivity contribution >= 4 is 11.6 Å². The zero-order chi connectivity index (χ0) is 13.1. The van der Waals surface area contributed by atoms with Crippen molar-refractivity contribution in [3.8, 4) is 0 Å². The van der Waals surface area contributed by atoms with Crippen molar-refractivity contribution in [3.63, 3.8) is 0 Å². The first kappa shape index (κ1) is 13.7. The first-order chi connectivity index (χ1) is 7.81. The van der Waals surface area contributed by atoms with E-state index in [4.69, 9.17) is 0 Å². The third kappa shape index (κ3) is 4.56. The Hall–Kier alpha value is -1.36. The van der Waals surface area contributed by atoms with Gasteiger partial charge in [-0.05, 0) is 27.7 Å². The molecule has 1 aromatic heterocycles. The number of aromatic nitrogens is 2. The van der Waals surface area contributed by atoms with Gasteiger partial charge in [0.2, 0.25) is 0 Å². The van der Waals surface area contributed by atoms with Gasteiger partial charge >= 0.3 is 0 Å². The van der Waals surface area contributed by atoms with Gasteiger partial charge in [-0.15, -0.1) is 0 Å². The number of nitrogens with one attached hydrogen (secondary N) is 1. The predicted molar refractivity (Wildman–Crippen MR) is 70.5 cm³/mol. The molecular formula is C12H22N4O. The van der Waals surface area contributed by atoms with E-state index in [2.05, 4.69) is 15.3 Å². The molecule has 0 bridgehead atoms. The van der Waals surface area contributed by atoms with Crippen LogP contribution in [0, 0.1) is 6.92 Å². The smallest absolute Gasteiger partial charge is 0.134 e. The molecule has 5 heteroatoms. The van der Waals surface area contributed by atoms with Crippen LogP contribution in [0.1, 0.15) is 26.6 Å². The standard InChI is InChI=1S/C12H22N4O/c1-6-13-10-7-11(15-9(2)14-10)16(5)8-12(3,4)17/h7,17H,6,8H2,1-5H3,(H,13,14,15). The van der Waals surface area contributed by atoms with Gasteiger partial charge in [0.1, 0.15) is 17.5 Å². The summed E-state index contributed by atoms with van der Waals surface area (Å²) in [6.45, 7) is 8.80. The summed E-state index contributed by atoms with van der Waals surface area (Å²) >= 11 is 0. The molecule has 1 heterocycles. The molecule has 0 aliphatic rings. The van der Waals surface area contributed by atoms with Gasteiger partial charge < -0.3 is 15.3 Å². The molecule has 5 nitrogen and oxygen atoms in total. The molecule has 0 amide bonds. The summed E-state index contributed by atoms with van der Waals surface area (Å²) in [7, 11) is 1.91. The van der Waals surface area contributed by atoms with Crippen molar-refractivity contribution in [2.45, 2.75) is 33.3 Å². The lowest BCUT2D eigenvalue weighted by molar-refractivity contribution is 0.0884. The number of hydrogen-bond acceptors (Lipinski definition) is 5. The van der Waals surface area contributed by atoms with Crippen LogP contribution in [0.4, 0.5) is 11.6 Å². The summed E-state index contributed by atoms with van der Waals surface area (Å²) in [5.74, 6) is 2.36. The second-order valence-electron chi connectivity index (χ2n) is 4.86. The highest BCUT2D eigenvalue weighted by molar-refractivity contribution is 5.49. The van der Waals surface area contributed by atoms with Gasteiger partial charge in [0.05, 0.1) is 5.60 Å². The van der Waals surface area contributed by atoms with E-state index < -0.39 is 5.60 Å². The molecule has 0 atom stereocenters. The Morgan fingerprint density at radius 3 is 2.59 bits per heavy atom. The number of aryl methyl sites for hydroxylation is 1. The van der Waals surface area contributed by atoms with Crippen molar-refractivity contribution in [1.82, 2.24) is 9.97 Å². The number of nitrogens with zero attached hydrogens (tertiary/aromatic N) is 3. The van der Waals surface area contributed by atoms with E-state index in [0.717, 1.165) is 24.0 Å². The number of anilines is 2. The van der Waals surface area contributed by atoms with E-state index in [0.29, 0.717) is 6.54 Å². The van der Waals surface area contributed by atoms with Crippen LogP contribution in [-0.2, 0) is 0 Å². The topological polar surface area (TPSA) is 61.3 Å². The average molecular weight is 238 g/mol. The zero-order valence-electron chi connectivity index (χ0n) is 11.3. The molecule has 0 aromatic carbocycles. The molecule has 0 saturated carbocycles. The summed E-state index contributed by atoms with van der Waals surface area (Å²) in [4.78, 5) is 10.6. The van der Waals surface area contributed by atoms with Crippen molar-refractivity contribution in [3.05, 3.63) is 11.9 Å². The molecule has 0 aliphatic heterocycles. The van der Waals surface area contributed by atoms with Gasteiger partial charge in [-0.25, -0.2) is 9.97 Å². The number of rotatable bonds is 5. The number of likely N-dealkylation sites (N-methyl/N-ethyl adjacent to an activating group) is 1. The summed E-state index contributed by atoms with van der Waals surface area (Å²) in [6.07, 6.45) is 0. The molecule has 1 rings (SSSR count). The highest BCUT2D eigenvalue weighted by atomic mass is 16.3. The minimum absolute atomic E-state index is 0.523. The van der Waals surface area contributed by atoms with Crippen LogP contribution in [0.2, 0.25) is 0 Å². The van der Waals surface area contributed by atoms with Gasteiger partial charge in [-0.1, -0.05) is 0 Å². The van der Waals surface area contributed by atoms with Crippen molar-refractivity contribution < 1.29 is 5.11 Å². The maximum atomic E-state index is 9.79. The van der Waals surface area contributed by atoms with Crippen LogP contribution >= 0.6 is 0 Å². The fraction of sp³-hybridized carbons (Fsp3) is 0.667. The fourth-order valence-corrected chi connectivity index (χ4v) is 1.68. The Kier molecular flexibility index (Phi) is 4.28. The highest BCUT2D eigenvalue weighted by Crippen LogP contribution is 2.16. The number of aliphatic hydroxyl groups is 1. The largest absolute Gasteiger partial charge is 0.389 e. The predicted octanol–water partition coefficient (Wildman–Crippen LogP) is 1.42. The van der Waals surface area contributed by atoms with E-state index in [1.807, 2.05) is 31.9 Å². The molecule has 96 valence electrons. The maximum Gasteiger partial charge on any atom is 0.134 e. The van der Waals surface area contributed by atoms with Gasteiger partial charge in [-0.2, -0.15) is 0 Å². The van der Waals surface area contributed by atoms with Crippen LogP contribution in [0.15, 0.2) is 6.07 Å². The number of hydrogen-bond donors (Lipinski definition) is 2. The second kappa shape index (κ2) is 5.31. The monoisotopic (exact) mass is 238 g/mol. The highest BCUT2D eigenvalue weighted by Gasteiger charge is 2.17. The molecular weight excluding hydrogens is 216 g/mol. The first-order valence-corrected chi connectivity index (χ1v) is 5.85. The summed E-state index contributed by atoms with van der Waals surface area (Å²) in [5.41, 5.74) is -0.744. The lowest BCUT2D eigenvalue weighted by atomic mass is 10.1. The van der Waals surface area contributed by atoms with Crippen LogP contribution < -0.4 is 10.2 Å². The molecule has 0 radical (unpaired) electrons. The second-order valence-corrected chi connectivity index (χ2v) is 4.86. The van der Waals surface area contributed by atoms with Crippen LogP contribution in [-0.4, -0.2) is 40.8 Å². The average Bonchev–Trinajstić information content (AvgIpc) is 2.14. The van der Waals surface area contributed by atoms with E-state index in [-0.39, 0.29) is 0 Å². The van der Waals surface area contributed by atoms with Gasteiger partial charge in [0.25, 0.3) is 0 Å². The summed E-state index contributed by atoms with van der Waals surface area (Å²) < 4.78 is 0. The molecule has 0 spiro atoms. The molecule has 0 fully saturated rings. The molecule has 1 aromatic rings. The molecule has 0 unspecified atom stereocenters. The molecule has 0 aliphatic carbocycles. The van der Waals surface area contributed by atoms with E-state index in [9.17, 15) is 5.11 Å². The van der Waals surface area contributed by atoms with E-state index in [1.165, 1.54) is 0 Å². The Bertz CT molecular complexity index is 373. The van der Waals surface area contributed by atoms with Crippen molar-refractivity contribution in [2.24, 2.45) is 0 Å². The van der Waals surface area contributed by atoms with Crippen LogP contribution in [0.3, 0.4) is 0 Å². The van der Waals surface area contributed by atoms with E-state index in [1.54, 1.807) is 13.8 Å². The third-order valence-electron chi connectivity index (χ3n) is 2.20. The minimum Gasteiger partial charge on any atom is -0.389 e. The summed E-state index contributed by atoms with van der Waals surface area (Å²) in [5, 5.41) is 13.0. The molecule has 2 N–H and O–H groups in total. The van der Waals surface area contributed by atoms with Gasteiger partial charge in [0.15, 0.2) is 0 Å². The molecule has 0 saturated heterocycles. The maximum absolute atomic E-state index is 9.79. The van der Waals surface area contributed by atoms with Crippen LogP contribution in [0.5, 0.6) is 0 Å². The van der Waals surface area contributed by atoms with Crippen molar-refractivity contribution in [1.29, 1.82) is 0 Å². The van der Waals surface area contributed by atoms with Crippen molar-refractivity contribution in [2.75, 3.05) is 30.4 Å². The summed E-state index contributed by atoms with van der Waals surface area (Å²) in [6, 6.07) is 1.89. The lowest BCUT2D eigenvalue weighted by Crippen LogP contribution is -2.36. The Labute approximate surface area is 103 Å². The first-order valence-electron chi connectivity index (χ1n) is 5.85. The zero-order valence-corrected chi connectivity index (χ0v) is 11.3. The SMILES string of the molecule is CCNc1cc(N(C)CC(C)(C)O)nc(C)n1. The Morgan fingerprint density at radius 2 is 2.06 bits per heavy atom. The minimum atomic E-state index is -0.744. The van der Waals surface area contributed by atoms with Gasteiger partial charge in [0, 0.05) is 26.2 Å². The van der Waals surface area contributed by atoms with E-state index >= 15 is 0 Å². The Morgan fingerprint density at radius 1 is 1.41 bits per heavy atom. The quantitative estimate of drug-likeness (QED) is 0.812. The lowest BCUT2D eigenvalue weighted by Gasteiger charge is -2.26. The third-order valence-corrected chi connectivity index (χ3v) is 2.20.